The maximum atomic E-state index is 12.0. The Bertz CT molecular complexity index is 308. The molecule has 2 atom stereocenters. The van der Waals surface area contributed by atoms with E-state index < -0.39 is 5.41 Å². The fourth-order valence-corrected chi connectivity index (χ4v) is 2.55. The first-order valence-corrected chi connectivity index (χ1v) is 5.56. The lowest BCUT2D eigenvalue weighted by Gasteiger charge is -2.20. The molecular formula is C12H16O3. The lowest BCUT2D eigenvalue weighted by Crippen LogP contribution is -2.34. The number of ether oxygens (including phenoxy) is 1. The normalized spacial score (nSPS) is 36.4. The highest BCUT2D eigenvalue weighted by Crippen LogP contribution is 2.43. The van der Waals surface area contributed by atoms with Crippen LogP contribution in [0, 0.1) is 5.41 Å². The third-order valence-electron chi connectivity index (χ3n) is 3.50. The van der Waals surface area contributed by atoms with E-state index in [0.29, 0.717) is 19.3 Å². The highest BCUT2D eigenvalue weighted by atomic mass is 16.6. The molecule has 1 saturated heterocycles. The van der Waals surface area contributed by atoms with Gasteiger partial charge in [-0.1, -0.05) is 25.5 Å². The smallest absolute Gasteiger partial charge is 0.320 e. The number of ketones is 1. The molecule has 1 aliphatic carbocycles. The minimum atomic E-state index is -0.824. The molecule has 0 amide bonds. The molecule has 0 aromatic rings. The molecule has 1 spiro atoms. The van der Waals surface area contributed by atoms with Gasteiger partial charge >= 0.3 is 5.97 Å². The van der Waals surface area contributed by atoms with Crippen molar-refractivity contribution < 1.29 is 14.3 Å². The summed E-state index contributed by atoms with van der Waals surface area (Å²) < 4.78 is 5.15. The second kappa shape index (κ2) is 3.80. The van der Waals surface area contributed by atoms with Crippen LogP contribution in [0.5, 0.6) is 0 Å². The predicted molar refractivity (Wildman–Crippen MR) is 55.2 cm³/mol. The number of carbonyl (C=O) groups excluding carboxylic acids is 2. The van der Waals surface area contributed by atoms with E-state index in [1.807, 2.05) is 0 Å². The zero-order chi connectivity index (χ0) is 10.9. The molecule has 2 aliphatic rings. The number of Topliss-reactive ketones (excluding diaryl/α,β-unsaturated/α-hetero) is 1. The van der Waals surface area contributed by atoms with Crippen molar-refractivity contribution >= 4 is 11.8 Å². The van der Waals surface area contributed by atoms with Crippen LogP contribution < -0.4 is 0 Å². The maximum absolute atomic E-state index is 12.0. The fraction of sp³-hybridized carbons (Fsp3) is 0.667. The fourth-order valence-electron chi connectivity index (χ4n) is 2.55. The van der Waals surface area contributed by atoms with Crippen LogP contribution in [0.4, 0.5) is 0 Å². The lowest BCUT2D eigenvalue weighted by atomic mass is 9.77. The molecule has 0 radical (unpaired) electrons. The molecule has 0 aromatic carbocycles. The topological polar surface area (TPSA) is 43.4 Å². The van der Waals surface area contributed by atoms with Gasteiger partial charge in [0.1, 0.15) is 17.3 Å². The van der Waals surface area contributed by atoms with Crippen LogP contribution in [0.1, 0.15) is 38.5 Å². The van der Waals surface area contributed by atoms with Crippen molar-refractivity contribution in [1.29, 1.82) is 0 Å². The number of carbonyl (C=O) groups is 2. The van der Waals surface area contributed by atoms with Gasteiger partial charge in [-0.15, -0.1) is 0 Å². The van der Waals surface area contributed by atoms with Crippen LogP contribution >= 0.6 is 0 Å². The lowest BCUT2D eigenvalue weighted by molar-refractivity contribution is -0.152. The van der Waals surface area contributed by atoms with Crippen LogP contribution in [0.3, 0.4) is 0 Å². The number of esters is 1. The highest BCUT2D eigenvalue weighted by Gasteiger charge is 2.53. The molecule has 0 aromatic heterocycles. The zero-order valence-corrected chi connectivity index (χ0v) is 8.83. The third-order valence-corrected chi connectivity index (χ3v) is 3.50. The highest BCUT2D eigenvalue weighted by molar-refractivity contribution is 6.05. The number of rotatable bonds is 1. The van der Waals surface area contributed by atoms with Crippen LogP contribution in [-0.4, -0.2) is 17.9 Å². The molecule has 3 heteroatoms. The molecule has 1 aliphatic heterocycles. The van der Waals surface area contributed by atoms with Gasteiger partial charge in [-0.25, -0.2) is 0 Å². The molecular weight excluding hydrogens is 192 g/mol. The first-order valence-electron chi connectivity index (χ1n) is 5.56. The van der Waals surface area contributed by atoms with Crippen molar-refractivity contribution in [2.24, 2.45) is 5.41 Å². The van der Waals surface area contributed by atoms with Crippen LogP contribution in [-0.2, 0) is 14.3 Å². The van der Waals surface area contributed by atoms with E-state index in [2.05, 4.69) is 6.58 Å². The van der Waals surface area contributed by atoms with Crippen LogP contribution in [0.15, 0.2) is 12.7 Å². The van der Waals surface area contributed by atoms with Crippen LogP contribution in [0.2, 0.25) is 0 Å². The first-order chi connectivity index (χ1) is 7.19. The van der Waals surface area contributed by atoms with Gasteiger partial charge < -0.3 is 4.74 Å². The quantitative estimate of drug-likeness (QED) is 0.376. The molecule has 0 unspecified atom stereocenters. The Balaban J connectivity index is 2.26. The Morgan fingerprint density at radius 1 is 1.33 bits per heavy atom. The summed E-state index contributed by atoms with van der Waals surface area (Å²) in [6.07, 6.45) is 5.95. The zero-order valence-electron chi connectivity index (χ0n) is 8.83. The standard InChI is InChI=1S/C12H16O3/c1-2-9-8-12(11(14)15-9)7-5-3-4-6-10(12)13/h2,9H,1,3-8H2/t9-,12-/m1/s1. The van der Waals surface area contributed by atoms with Gasteiger partial charge in [0.25, 0.3) is 0 Å². The number of hydrogen-bond donors (Lipinski definition) is 0. The minimum Gasteiger partial charge on any atom is -0.457 e. The summed E-state index contributed by atoms with van der Waals surface area (Å²) in [5, 5.41) is 0. The van der Waals surface area contributed by atoms with Gasteiger partial charge in [-0.2, -0.15) is 0 Å². The van der Waals surface area contributed by atoms with E-state index in [-0.39, 0.29) is 17.9 Å². The van der Waals surface area contributed by atoms with E-state index in [0.717, 1.165) is 19.3 Å². The largest absolute Gasteiger partial charge is 0.457 e. The minimum absolute atomic E-state index is 0.0781. The van der Waals surface area contributed by atoms with E-state index in [1.165, 1.54) is 0 Å². The van der Waals surface area contributed by atoms with E-state index in [1.54, 1.807) is 6.08 Å². The summed E-state index contributed by atoms with van der Waals surface area (Å²) in [7, 11) is 0. The monoisotopic (exact) mass is 208 g/mol. The molecule has 0 bridgehead atoms. The predicted octanol–water partition coefficient (Wildman–Crippen LogP) is 2.01. The molecule has 15 heavy (non-hydrogen) atoms. The Hall–Kier alpha value is -1.12. The molecule has 0 N–H and O–H groups in total. The van der Waals surface area contributed by atoms with Gasteiger partial charge in [0.05, 0.1) is 0 Å². The summed E-state index contributed by atoms with van der Waals surface area (Å²) in [4.78, 5) is 23.8. The molecule has 1 saturated carbocycles. The second-order valence-corrected chi connectivity index (χ2v) is 4.45. The summed E-state index contributed by atoms with van der Waals surface area (Å²) in [6, 6.07) is 0. The SMILES string of the molecule is C=C[C@@H]1C[C@@]2(CCCCCC2=O)C(=O)O1. The molecule has 3 nitrogen and oxygen atoms in total. The maximum Gasteiger partial charge on any atom is 0.320 e. The Morgan fingerprint density at radius 3 is 2.80 bits per heavy atom. The van der Waals surface area contributed by atoms with Gasteiger partial charge in [-0.05, 0) is 12.8 Å². The van der Waals surface area contributed by atoms with Crippen molar-refractivity contribution in [2.75, 3.05) is 0 Å². The molecule has 1 heterocycles. The van der Waals surface area contributed by atoms with Gasteiger partial charge in [0.2, 0.25) is 0 Å². The summed E-state index contributed by atoms with van der Waals surface area (Å²) >= 11 is 0. The van der Waals surface area contributed by atoms with E-state index in [4.69, 9.17) is 4.74 Å². The van der Waals surface area contributed by atoms with E-state index >= 15 is 0 Å². The Morgan fingerprint density at radius 2 is 2.13 bits per heavy atom. The summed E-state index contributed by atoms with van der Waals surface area (Å²) in [5.41, 5.74) is -0.824. The number of cyclic esters (lactones) is 1. The number of hydrogen-bond acceptors (Lipinski definition) is 3. The van der Waals surface area contributed by atoms with Crippen molar-refractivity contribution in [3.63, 3.8) is 0 Å². The van der Waals surface area contributed by atoms with Gasteiger partial charge in [-0.3, -0.25) is 9.59 Å². The molecule has 82 valence electrons. The molecule has 2 rings (SSSR count). The van der Waals surface area contributed by atoms with Crippen molar-refractivity contribution in [2.45, 2.75) is 44.6 Å². The Labute approximate surface area is 89.5 Å². The second-order valence-electron chi connectivity index (χ2n) is 4.45. The van der Waals surface area contributed by atoms with Gasteiger partial charge in [0.15, 0.2) is 0 Å². The molecule has 2 fully saturated rings. The first kappa shape index (κ1) is 10.4. The Kier molecular flexibility index (Phi) is 2.63. The summed E-state index contributed by atoms with van der Waals surface area (Å²) in [5.74, 6) is -0.242. The average molecular weight is 208 g/mol. The van der Waals surface area contributed by atoms with Crippen molar-refractivity contribution in [3.05, 3.63) is 12.7 Å². The van der Waals surface area contributed by atoms with Crippen molar-refractivity contribution in [1.82, 2.24) is 0 Å². The van der Waals surface area contributed by atoms with Crippen molar-refractivity contribution in [3.8, 4) is 0 Å². The van der Waals surface area contributed by atoms with E-state index in [9.17, 15) is 9.59 Å². The van der Waals surface area contributed by atoms with Gasteiger partial charge in [0, 0.05) is 12.8 Å². The summed E-state index contributed by atoms with van der Waals surface area (Å²) in [6.45, 7) is 3.62. The average Bonchev–Trinajstić information content (AvgIpc) is 2.43. The van der Waals surface area contributed by atoms with Crippen LogP contribution in [0.25, 0.3) is 0 Å². The third kappa shape index (κ3) is 1.60.